The number of esters is 1. The second-order valence-electron chi connectivity index (χ2n) is 5.29. The van der Waals surface area contributed by atoms with Crippen LogP contribution >= 0.6 is 0 Å². The highest BCUT2D eigenvalue weighted by molar-refractivity contribution is 5.97. The molecule has 1 atom stereocenters. The van der Waals surface area contributed by atoms with Crippen LogP contribution in [0.2, 0.25) is 0 Å². The standard InChI is InChI=1S/C18H16F2N2O4/c1-11(17(24)22-15-9-13(19)7-8-14(15)20)26-16(23)10-21-18(25)12-5-3-2-4-6-12/h2-9,11H,10H2,1H3,(H,21,25)(H,22,24). The number of rotatable bonds is 6. The number of carbonyl (C=O) groups is 3. The zero-order valence-electron chi connectivity index (χ0n) is 13.8. The molecule has 2 aromatic carbocycles. The van der Waals surface area contributed by atoms with Crippen LogP contribution in [0.15, 0.2) is 48.5 Å². The predicted octanol–water partition coefficient (Wildman–Crippen LogP) is 2.26. The van der Waals surface area contributed by atoms with Crippen molar-refractivity contribution in [3.8, 4) is 0 Å². The molecule has 0 spiro atoms. The van der Waals surface area contributed by atoms with E-state index in [-0.39, 0.29) is 5.69 Å². The van der Waals surface area contributed by atoms with Crippen molar-refractivity contribution in [2.45, 2.75) is 13.0 Å². The molecule has 0 fully saturated rings. The Balaban J connectivity index is 1.83. The van der Waals surface area contributed by atoms with Gasteiger partial charge in [-0.05, 0) is 31.2 Å². The molecule has 2 amide bonds. The van der Waals surface area contributed by atoms with Gasteiger partial charge in [0.15, 0.2) is 6.10 Å². The second kappa shape index (κ2) is 8.70. The maximum atomic E-state index is 13.5. The van der Waals surface area contributed by atoms with Crippen molar-refractivity contribution in [2.24, 2.45) is 0 Å². The van der Waals surface area contributed by atoms with Crippen LogP contribution in [0.5, 0.6) is 0 Å². The van der Waals surface area contributed by atoms with Crippen molar-refractivity contribution < 1.29 is 27.9 Å². The Morgan fingerprint density at radius 3 is 2.46 bits per heavy atom. The molecule has 0 saturated carbocycles. The van der Waals surface area contributed by atoms with Crippen molar-refractivity contribution in [3.05, 3.63) is 65.7 Å². The van der Waals surface area contributed by atoms with Crippen LogP contribution in [0.3, 0.4) is 0 Å². The molecule has 0 aliphatic rings. The molecular formula is C18H16F2N2O4. The minimum atomic E-state index is -1.27. The van der Waals surface area contributed by atoms with Gasteiger partial charge in [-0.1, -0.05) is 18.2 Å². The summed E-state index contributed by atoms with van der Waals surface area (Å²) in [5, 5.41) is 4.48. The maximum absolute atomic E-state index is 13.5. The van der Waals surface area contributed by atoms with Crippen molar-refractivity contribution in [1.82, 2.24) is 5.32 Å². The highest BCUT2D eigenvalue weighted by Gasteiger charge is 2.20. The van der Waals surface area contributed by atoms with Gasteiger partial charge in [-0.15, -0.1) is 0 Å². The van der Waals surface area contributed by atoms with E-state index in [2.05, 4.69) is 10.6 Å². The van der Waals surface area contributed by atoms with Gasteiger partial charge in [0.25, 0.3) is 11.8 Å². The number of benzene rings is 2. The topological polar surface area (TPSA) is 84.5 Å². The Hall–Kier alpha value is -3.29. The molecule has 0 aliphatic carbocycles. The van der Waals surface area contributed by atoms with Crippen LogP contribution in [0.4, 0.5) is 14.5 Å². The summed E-state index contributed by atoms with van der Waals surface area (Å²) in [6.45, 7) is 0.823. The fraction of sp³-hybridized carbons (Fsp3) is 0.167. The highest BCUT2D eigenvalue weighted by Crippen LogP contribution is 2.15. The van der Waals surface area contributed by atoms with Crippen LogP contribution in [0.1, 0.15) is 17.3 Å². The zero-order valence-corrected chi connectivity index (χ0v) is 13.8. The first-order chi connectivity index (χ1) is 12.4. The molecule has 26 heavy (non-hydrogen) atoms. The molecule has 0 aromatic heterocycles. The van der Waals surface area contributed by atoms with Crippen LogP contribution < -0.4 is 10.6 Å². The Bertz CT molecular complexity index is 812. The zero-order chi connectivity index (χ0) is 19.1. The molecule has 0 bridgehead atoms. The summed E-state index contributed by atoms with van der Waals surface area (Å²) in [4.78, 5) is 35.4. The molecule has 1 unspecified atom stereocenters. The van der Waals surface area contributed by atoms with Gasteiger partial charge in [0, 0.05) is 11.6 Å². The summed E-state index contributed by atoms with van der Waals surface area (Å²) < 4.78 is 31.4. The minimum absolute atomic E-state index is 0.365. The molecular weight excluding hydrogens is 346 g/mol. The van der Waals surface area contributed by atoms with E-state index < -0.39 is 42.1 Å². The number of halogens is 2. The molecule has 8 heteroatoms. The van der Waals surface area contributed by atoms with E-state index in [9.17, 15) is 23.2 Å². The van der Waals surface area contributed by atoms with Gasteiger partial charge in [0.2, 0.25) is 0 Å². The van der Waals surface area contributed by atoms with Gasteiger partial charge in [-0.2, -0.15) is 0 Å². The molecule has 0 radical (unpaired) electrons. The van der Waals surface area contributed by atoms with Crippen LogP contribution in [0.25, 0.3) is 0 Å². The maximum Gasteiger partial charge on any atom is 0.326 e. The number of carbonyl (C=O) groups excluding carboxylic acids is 3. The monoisotopic (exact) mass is 362 g/mol. The Morgan fingerprint density at radius 1 is 1.08 bits per heavy atom. The quantitative estimate of drug-likeness (QED) is 0.772. The van der Waals surface area contributed by atoms with E-state index in [1.165, 1.54) is 6.92 Å². The molecule has 0 heterocycles. The van der Waals surface area contributed by atoms with E-state index in [0.717, 1.165) is 18.2 Å². The fourth-order valence-electron chi connectivity index (χ4n) is 1.96. The number of hydrogen-bond donors (Lipinski definition) is 2. The van der Waals surface area contributed by atoms with Gasteiger partial charge in [-0.25, -0.2) is 8.78 Å². The smallest absolute Gasteiger partial charge is 0.326 e. The van der Waals surface area contributed by atoms with Gasteiger partial charge in [0.1, 0.15) is 18.2 Å². The van der Waals surface area contributed by atoms with Crippen molar-refractivity contribution >= 4 is 23.5 Å². The first-order valence-electron chi connectivity index (χ1n) is 7.65. The van der Waals surface area contributed by atoms with Crippen LogP contribution in [0, 0.1) is 11.6 Å². The van der Waals surface area contributed by atoms with Crippen LogP contribution in [-0.4, -0.2) is 30.4 Å². The van der Waals surface area contributed by atoms with Crippen molar-refractivity contribution in [3.63, 3.8) is 0 Å². The lowest BCUT2D eigenvalue weighted by Gasteiger charge is -2.14. The molecule has 6 nitrogen and oxygen atoms in total. The fourth-order valence-corrected chi connectivity index (χ4v) is 1.96. The van der Waals surface area contributed by atoms with Gasteiger partial charge in [0.05, 0.1) is 5.69 Å². The first kappa shape index (κ1) is 19.0. The third kappa shape index (κ3) is 5.37. The average molecular weight is 362 g/mol. The number of amides is 2. The molecule has 2 rings (SSSR count). The van der Waals surface area contributed by atoms with Gasteiger partial charge >= 0.3 is 5.97 Å². The normalized spacial score (nSPS) is 11.3. The highest BCUT2D eigenvalue weighted by atomic mass is 19.1. The van der Waals surface area contributed by atoms with E-state index in [1.807, 2.05) is 0 Å². The summed E-state index contributed by atoms with van der Waals surface area (Å²) in [5.41, 5.74) is 0.00273. The van der Waals surface area contributed by atoms with E-state index in [4.69, 9.17) is 4.74 Å². The lowest BCUT2D eigenvalue weighted by atomic mass is 10.2. The van der Waals surface area contributed by atoms with Gasteiger partial charge in [-0.3, -0.25) is 14.4 Å². The third-order valence-corrected chi connectivity index (χ3v) is 3.29. The lowest BCUT2D eigenvalue weighted by molar-refractivity contribution is -0.152. The van der Waals surface area contributed by atoms with Gasteiger partial charge < -0.3 is 15.4 Å². The third-order valence-electron chi connectivity index (χ3n) is 3.29. The summed E-state index contributed by atoms with van der Waals surface area (Å²) in [6, 6.07) is 10.8. The Labute approximate surface area is 148 Å². The minimum Gasteiger partial charge on any atom is -0.451 e. The Kier molecular flexibility index (Phi) is 6.37. The Morgan fingerprint density at radius 2 is 1.77 bits per heavy atom. The lowest BCUT2D eigenvalue weighted by Crippen LogP contribution is -2.36. The molecule has 2 N–H and O–H groups in total. The van der Waals surface area contributed by atoms with Crippen LogP contribution in [-0.2, 0) is 14.3 Å². The number of anilines is 1. The average Bonchev–Trinajstić information content (AvgIpc) is 2.63. The molecule has 2 aromatic rings. The SMILES string of the molecule is CC(OC(=O)CNC(=O)c1ccccc1)C(=O)Nc1cc(F)ccc1F. The largest absolute Gasteiger partial charge is 0.451 e. The number of nitrogens with one attached hydrogen (secondary N) is 2. The van der Waals surface area contributed by atoms with E-state index in [0.29, 0.717) is 5.56 Å². The summed E-state index contributed by atoms with van der Waals surface area (Å²) in [6.07, 6.45) is -1.27. The summed E-state index contributed by atoms with van der Waals surface area (Å²) in [7, 11) is 0. The van der Waals surface area contributed by atoms with E-state index in [1.54, 1.807) is 30.3 Å². The second-order valence-corrected chi connectivity index (χ2v) is 5.29. The molecule has 0 saturated heterocycles. The summed E-state index contributed by atoms with van der Waals surface area (Å²) >= 11 is 0. The first-order valence-corrected chi connectivity index (χ1v) is 7.65. The van der Waals surface area contributed by atoms with E-state index >= 15 is 0 Å². The molecule has 136 valence electrons. The predicted molar refractivity (Wildman–Crippen MR) is 89.3 cm³/mol. The van der Waals surface area contributed by atoms with Crippen molar-refractivity contribution in [2.75, 3.05) is 11.9 Å². The van der Waals surface area contributed by atoms with Crippen molar-refractivity contribution in [1.29, 1.82) is 0 Å². The summed E-state index contributed by atoms with van der Waals surface area (Å²) in [5.74, 6) is -3.71. The number of hydrogen-bond acceptors (Lipinski definition) is 4. The number of ether oxygens (including phenoxy) is 1. The molecule has 0 aliphatic heterocycles.